The van der Waals surface area contributed by atoms with Gasteiger partial charge in [-0.15, -0.1) is 12.4 Å². The van der Waals surface area contributed by atoms with Crippen molar-refractivity contribution in [3.8, 4) is 11.5 Å². The molecule has 0 amide bonds. The fraction of sp³-hybridized carbons (Fsp3) is 0.310. The molecule has 3 aromatic carbocycles. The SMILES string of the molecule is CN1CCC[C@H]1COc1ccc(/C(=C(/CCCO)c2ccccc2)c2ccc(O)cc2)cc1.Cl. The number of aliphatic hydroxyl groups excluding tert-OH is 1. The molecule has 0 aromatic heterocycles. The number of rotatable bonds is 9. The number of nitrogens with zero attached hydrogens (tertiary/aromatic N) is 1. The molecule has 0 radical (unpaired) electrons. The van der Waals surface area contributed by atoms with Gasteiger partial charge < -0.3 is 19.8 Å². The predicted octanol–water partition coefficient (Wildman–Crippen LogP) is 6.02. The van der Waals surface area contributed by atoms with Crippen LogP contribution in [0.4, 0.5) is 0 Å². The van der Waals surface area contributed by atoms with Gasteiger partial charge in [0.2, 0.25) is 0 Å². The number of aliphatic hydroxyl groups is 1. The van der Waals surface area contributed by atoms with Crippen LogP contribution in [0, 0.1) is 0 Å². The van der Waals surface area contributed by atoms with Crippen molar-refractivity contribution in [2.45, 2.75) is 31.7 Å². The summed E-state index contributed by atoms with van der Waals surface area (Å²) in [5.74, 6) is 1.12. The second kappa shape index (κ2) is 12.6. The van der Waals surface area contributed by atoms with Gasteiger partial charge in [-0.1, -0.05) is 54.6 Å². The van der Waals surface area contributed by atoms with Crippen molar-refractivity contribution in [2.75, 3.05) is 26.8 Å². The molecule has 4 nitrogen and oxygen atoms in total. The summed E-state index contributed by atoms with van der Waals surface area (Å²) >= 11 is 0. The summed E-state index contributed by atoms with van der Waals surface area (Å²) < 4.78 is 6.10. The molecular formula is C29H34ClNO3. The summed E-state index contributed by atoms with van der Waals surface area (Å²) in [5.41, 5.74) is 5.54. The van der Waals surface area contributed by atoms with Crippen LogP contribution in [0.25, 0.3) is 11.1 Å². The molecule has 180 valence electrons. The lowest BCUT2D eigenvalue weighted by atomic mass is 9.87. The van der Waals surface area contributed by atoms with Crippen LogP contribution < -0.4 is 4.74 Å². The average Bonchev–Trinajstić information content (AvgIpc) is 3.27. The molecule has 0 bridgehead atoms. The summed E-state index contributed by atoms with van der Waals surface area (Å²) in [5, 5.41) is 19.4. The van der Waals surface area contributed by atoms with Crippen molar-refractivity contribution in [2.24, 2.45) is 0 Å². The van der Waals surface area contributed by atoms with Gasteiger partial charge in [0.1, 0.15) is 18.1 Å². The second-order valence-electron chi connectivity index (χ2n) is 8.71. The third kappa shape index (κ3) is 6.41. The first kappa shape index (κ1) is 25.8. The molecule has 0 spiro atoms. The summed E-state index contributed by atoms with van der Waals surface area (Å²) in [6.07, 6.45) is 3.86. The highest BCUT2D eigenvalue weighted by atomic mass is 35.5. The van der Waals surface area contributed by atoms with Gasteiger partial charge in [-0.3, -0.25) is 0 Å². The molecule has 3 aromatic rings. The number of phenols is 1. The summed E-state index contributed by atoms with van der Waals surface area (Å²) in [6.45, 7) is 1.99. The zero-order chi connectivity index (χ0) is 23.0. The van der Waals surface area contributed by atoms with Gasteiger partial charge in [0.05, 0.1) is 0 Å². The number of likely N-dealkylation sites (N-methyl/N-ethyl adjacent to an activating group) is 1. The lowest BCUT2D eigenvalue weighted by Gasteiger charge is -2.20. The zero-order valence-corrected chi connectivity index (χ0v) is 20.5. The minimum atomic E-state index is 0. The number of likely N-dealkylation sites (tertiary alicyclic amines) is 1. The number of hydrogen-bond donors (Lipinski definition) is 2. The van der Waals surface area contributed by atoms with E-state index in [1.165, 1.54) is 18.4 Å². The molecule has 5 heteroatoms. The van der Waals surface area contributed by atoms with Gasteiger partial charge in [-0.05, 0) is 91.4 Å². The minimum absolute atomic E-state index is 0. The van der Waals surface area contributed by atoms with Gasteiger partial charge >= 0.3 is 0 Å². The van der Waals surface area contributed by atoms with Crippen molar-refractivity contribution >= 4 is 23.6 Å². The van der Waals surface area contributed by atoms with Crippen LogP contribution in [0.15, 0.2) is 78.9 Å². The van der Waals surface area contributed by atoms with Crippen LogP contribution in [0.1, 0.15) is 42.4 Å². The van der Waals surface area contributed by atoms with Gasteiger partial charge in [0.15, 0.2) is 0 Å². The topological polar surface area (TPSA) is 52.9 Å². The molecule has 1 atom stereocenters. The average molecular weight is 480 g/mol. The predicted molar refractivity (Wildman–Crippen MR) is 142 cm³/mol. The van der Waals surface area contributed by atoms with Crippen LogP contribution in [0.5, 0.6) is 11.5 Å². The highest BCUT2D eigenvalue weighted by Gasteiger charge is 2.21. The summed E-state index contributed by atoms with van der Waals surface area (Å²) in [4.78, 5) is 2.37. The molecule has 0 aliphatic carbocycles. The standard InChI is InChI=1S/C29H33NO3.ClH/c1-30-19-5-9-25(30)21-33-27-17-13-24(14-18-27)29(23-11-15-26(32)16-12-23)28(10-6-20-31)22-7-3-2-4-8-22;/h2-4,7-8,11-18,25,31-32H,5-6,9-10,19-21H2,1H3;1H/b29-28-;/t25-;/m0./s1. The third-order valence-electron chi connectivity index (χ3n) is 6.42. The highest BCUT2D eigenvalue weighted by Crippen LogP contribution is 2.36. The zero-order valence-electron chi connectivity index (χ0n) is 19.7. The van der Waals surface area contributed by atoms with E-state index in [0.717, 1.165) is 41.0 Å². The number of ether oxygens (including phenoxy) is 1. The Morgan fingerprint density at radius 3 is 2.15 bits per heavy atom. The molecule has 2 N–H and O–H groups in total. The van der Waals surface area contributed by atoms with Crippen molar-refractivity contribution in [3.63, 3.8) is 0 Å². The fourth-order valence-corrected chi connectivity index (χ4v) is 4.55. The van der Waals surface area contributed by atoms with Crippen LogP contribution >= 0.6 is 12.4 Å². The number of aromatic hydroxyl groups is 1. The Hall–Kier alpha value is -2.79. The summed E-state index contributed by atoms with van der Waals surface area (Å²) in [7, 11) is 2.16. The van der Waals surface area contributed by atoms with E-state index in [1.54, 1.807) is 12.1 Å². The van der Waals surface area contributed by atoms with E-state index >= 15 is 0 Å². The van der Waals surface area contributed by atoms with Gasteiger partial charge in [0, 0.05) is 12.6 Å². The number of phenolic OH excluding ortho intramolecular Hbond substituents is 1. The maximum atomic E-state index is 9.84. The monoisotopic (exact) mass is 479 g/mol. The number of benzene rings is 3. The molecule has 1 aliphatic rings. The molecular weight excluding hydrogens is 446 g/mol. The highest BCUT2D eigenvalue weighted by molar-refractivity contribution is 5.98. The Bertz CT molecular complexity index is 1050. The Labute approximate surface area is 208 Å². The maximum absolute atomic E-state index is 9.84. The van der Waals surface area contributed by atoms with E-state index in [-0.39, 0.29) is 24.8 Å². The normalized spacial score (nSPS) is 16.6. The maximum Gasteiger partial charge on any atom is 0.119 e. The molecule has 1 fully saturated rings. The third-order valence-corrected chi connectivity index (χ3v) is 6.42. The van der Waals surface area contributed by atoms with Gasteiger partial charge in [-0.25, -0.2) is 0 Å². The van der Waals surface area contributed by atoms with Crippen LogP contribution in [0.3, 0.4) is 0 Å². The molecule has 34 heavy (non-hydrogen) atoms. The van der Waals surface area contributed by atoms with E-state index in [1.807, 2.05) is 42.5 Å². The largest absolute Gasteiger partial charge is 0.508 e. The molecule has 1 saturated heterocycles. The quantitative estimate of drug-likeness (QED) is 0.368. The lowest BCUT2D eigenvalue weighted by Crippen LogP contribution is -2.30. The Balaban J connectivity index is 0.00000324. The summed E-state index contributed by atoms with van der Waals surface area (Å²) in [6, 6.07) is 26.5. The smallest absolute Gasteiger partial charge is 0.119 e. The van der Waals surface area contributed by atoms with Crippen molar-refractivity contribution < 1.29 is 14.9 Å². The van der Waals surface area contributed by atoms with Crippen LogP contribution in [-0.4, -0.2) is 48.0 Å². The molecule has 0 unspecified atom stereocenters. The Kier molecular flexibility index (Phi) is 9.58. The minimum Gasteiger partial charge on any atom is -0.508 e. The number of halogens is 1. The van der Waals surface area contributed by atoms with Crippen molar-refractivity contribution in [3.05, 3.63) is 95.6 Å². The molecule has 0 saturated carbocycles. The number of hydrogen-bond acceptors (Lipinski definition) is 4. The van der Waals surface area contributed by atoms with E-state index in [9.17, 15) is 10.2 Å². The van der Waals surface area contributed by atoms with E-state index in [4.69, 9.17) is 4.74 Å². The molecule has 1 aliphatic heterocycles. The van der Waals surface area contributed by atoms with E-state index < -0.39 is 0 Å². The Morgan fingerprint density at radius 1 is 0.912 bits per heavy atom. The second-order valence-corrected chi connectivity index (χ2v) is 8.71. The van der Waals surface area contributed by atoms with Crippen molar-refractivity contribution in [1.29, 1.82) is 0 Å². The first-order valence-corrected chi connectivity index (χ1v) is 11.8. The van der Waals surface area contributed by atoms with Gasteiger partial charge in [0.25, 0.3) is 0 Å². The first-order chi connectivity index (χ1) is 16.2. The molecule has 4 rings (SSSR count). The number of allylic oxidation sites excluding steroid dienone is 1. The van der Waals surface area contributed by atoms with E-state index in [0.29, 0.717) is 19.1 Å². The van der Waals surface area contributed by atoms with Crippen LogP contribution in [0.2, 0.25) is 0 Å². The Morgan fingerprint density at radius 2 is 1.56 bits per heavy atom. The van der Waals surface area contributed by atoms with Crippen LogP contribution in [-0.2, 0) is 0 Å². The molecule has 1 heterocycles. The van der Waals surface area contributed by atoms with Crippen molar-refractivity contribution in [1.82, 2.24) is 4.90 Å². The van der Waals surface area contributed by atoms with E-state index in [2.05, 4.69) is 36.2 Å². The van der Waals surface area contributed by atoms with Gasteiger partial charge in [-0.2, -0.15) is 0 Å². The first-order valence-electron chi connectivity index (χ1n) is 11.8. The fourth-order valence-electron chi connectivity index (χ4n) is 4.55. The lowest BCUT2D eigenvalue weighted by molar-refractivity contribution is 0.198.